The van der Waals surface area contributed by atoms with Gasteiger partial charge < -0.3 is 49.1 Å². The first-order chi connectivity index (χ1) is 16.8. The molecule has 0 aromatic heterocycles. The number of methoxy groups -OCH3 is 1. The molecular formula is C15H34F9N5O12OsS3. The van der Waals surface area contributed by atoms with E-state index in [9.17, 15) is 44.3 Å². The number of esters is 1. The van der Waals surface area contributed by atoms with Crippen molar-refractivity contribution in [1.82, 2.24) is 30.8 Å². The molecule has 0 aromatic carbocycles. The summed E-state index contributed by atoms with van der Waals surface area (Å²) in [6.45, 7) is 3.85. The van der Waals surface area contributed by atoms with Crippen LogP contribution in [0.15, 0.2) is 12.2 Å². The number of alkyl halides is 9. The second-order valence-electron chi connectivity index (χ2n) is 7.12. The molecule has 1 aliphatic rings. The molecule has 0 radical (unpaired) electrons. The van der Waals surface area contributed by atoms with Gasteiger partial charge >= 0.3 is 48.1 Å². The molecule has 0 fully saturated rings. The Kier molecular flexibility index (Phi) is 34.7. The fourth-order valence-corrected chi connectivity index (χ4v) is 1.89. The normalized spacial score (nSPS) is 15.6. The van der Waals surface area contributed by atoms with Gasteiger partial charge in [-0.3, -0.25) is 9.22 Å². The maximum Gasteiger partial charge on any atom is 2.00 e. The Morgan fingerprint density at radius 2 is 1.00 bits per heavy atom. The van der Waals surface area contributed by atoms with Crippen molar-refractivity contribution in [3.05, 3.63) is 12.2 Å². The molecule has 1 rings (SSSR count). The van der Waals surface area contributed by atoms with Gasteiger partial charge in [0.2, 0.25) is 0 Å². The predicted octanol–water partition coefficient (Wildman–Crippen LogP) is 2.85. The Balaban J connectivity index is -0.0000000549. The number of ether oxygens (including phenoxy) is 1. The van der Waals surface area contributed by atoms with Crippen molar-refractivity contribution in [2.24, 2.45) is 11.3 Å². The van der Waals surface area contributed by atoms with E-state index < -0.39 is 52.3 Å². The van der Waals surface area contributed by atoms with Crippen molar-refractivity contribution in [2.45, 2.75) is 43.2 Å². The molecular weight excluding hydrogens is 900 g/mol. The summed E-state index contributed by atoms with van der Waals surface area (Å²) in [5, 5.41) is 0. The van der Waals surface area contributed by atoms with Crippen molar-refractivity contribution < 1.29 is 112 Å². The molecule has 0 saturated heterocycles. The standard InChI is InChI=1S/C12H19O3.3CHF3O3S.5H3N.Os/c1-12(2,11(13)15-4)9-6-5-7-10(8-9)14-3;3*2-1(3,4)8(5,6)7;;;;;;/h5,7,9H,6,8H2,1-4H3;3*(H,5,6,7);5*1H3;/q+1;;;;;;;;;+2/p-3. The van der Waals surface area contributed by atoms with Gasteiger partial charge in [-0.05, 0) is 26.2 Å². The Morgan fingerprint density at radius 1 is 0.756 bits per heavy atom. The summed E-state index contributed by atoms with van der Waals surface area (Å²) < 4.78 is 187. The molecule has 15 N–H and O–H groups in total. The van der Waals surface area contributed by atoms with E-state index in [1.807, 2.05) is 19.9 Å². The van der Waals surface area contributed by atoms with Crippen molar-refractivity contribution in [2.75, 3.05) is 14.2 Å². The smallest absolute Gasteiger partial charge is 0.741 e. The fraction of sp³-hybridized carbons (Fsp3) is 0.733. The molecule has 30 heteroatoms. The molecule has 45 heavy (non-hydrogen) atoms. The minimum absolute atomic E-state index is 0. The monoisotopic (exact) mass is 935 g/mol. The minimum Gasteiger partial charge on any atom is -0.741 e. The zero-order valence-electron chi connectivity index (χ0n) is 23.6. The number of ketones is 1. The van der Waals surface area contributed by atoms with Crippen LogP contribution in [0, 0.1) is 11.3 Å². The largest absolute Gasteiger partial charge is 2.00 e. The number of carbonyl (C=O) groups excluding carboxylic acids is 2. The van der Waals surface area contributed by atoms with Gasteiger partial charge in [0.1, 0.15) is 0 Å². The maximum atomic E-state index is 11.6. The second kappa shape index (κ2) is 23.7. The minimum atomic E-state index is -6.09. The second-order valence-corrected chi connectivity index (χ2v) is 11.2. The van der Waals surface area contributed by atoms with Gasteiger partial charge in [0.25, 0.3) is 7.11 Å². The third kappa shape index (κ3) is 26.2. The van der Waals surface area contributed by atoms with Crippen LogP contribution in [0.5, 0.6) is 0 Å². The molecule has 17 nitrogen and oxygen atoms in total. The zero-order valence-corrected chi connectivity index (χ0v) is 28.6. The van der Waals surface area contributed by atoms with Crippen LogP contribution in [0.25, 0.3) is 0 Å². The van der Waals surface area contributed by atoms with E-state index >= 15 is 0 Å². The molecule has 0 amide bonds. The summed E-state index contributed by atoms with van der Waals surface area (Å²) in [5.74, 6) is 1.03. The summed E-state index contributed by atoms with van der Waals surface area (Å²) in [7, 11) is -15.2. The molecule has 0 saturated carbocycles. The van der Waals surface area contributed by atoms with Crippen molar-refractivity contribution in [3.63, 3.8) is 0 Å². The van der Waals surface area contributed by atoms with Crippen molar-refractivity contribution in [3.8, 4) is 0 Å². The van der Waals surface area contributed by atoms with Crippen LogP contribution in [-0.2, 0) is 64.1 Å². The molecule has 1 aliphatic carbocycles. The zero-order chi connectivity index (χ0) is 32.5. The summed E-state index contributed by atoms with van der Waals surface area (Å²) in [4.78, 5) is 11.6. The quantitative estimate of drug-likeness (QED) is 0.0873. The number of rotatable bonds is 2. The van der Waals surface area contributed by atoms with E-state index in [0.717, 1.165) is 18.6 Å². The van der Waals surface area contributed by atoms with Gasteiger partial charge in [0, 0.05) is 6.08 Å². The van der Waals surface area contributed by atoms with Gasteiger partial charge in [0.05, 0.1) is 18.9 Å². The van der Waals surface area contributed by atoms with E-state index in [1.54, 1.807) is 7.11 Å². The number of halogens is 9. The Bertz CT molecular complexity index is 1110. The van der Waals surface area contributed by atoms with Gasteiger partial charge in [-0.25, -0.2) is 25.3 Å². The fourth-order valence-electron chi connectivity index (χ4n) is 1.89. The van der Waals surface area contributed by atoms with Crippen LogP contribution >= 0.6 is 0 Å². The first kappa shape index (κ1) is 65.9. The summed E-state index contributed by atoms with van der Waals surface area (Å²) in [6, 6.07) is 0. The topological polar surface area (TPSA) is 384 Å². The predicted molar refractivity (Wildman–Crippen MR) is 131 cm³/mol. The van der Waals surface area contributed by atoms with Crippen LogP contribution < -0.4 is 30.8 Å². The van der Waals surface area contributed by atoms with Gasteiger partial charge in [-0.1, -0.05) is 6.08 Å². The van der Waals surface area contributed by atoms with E-state index in [2.05, 4.69) is 6.08 Å². The average Bonchev–Trinajstić information content (AvgIpc) is 2.70. The SMILES string of the molecule is COC(=O)C(C)(C)C1CC=CC(=[O+]C)C1.N.N.N.N.N.O=S(=O)([O-])C(F)(F)F.O=S(=O)([O-])C(F)(F)F.O=S(=O)([O-])C(F)(F)F.[Os+2]. The van der Waals surface area contributed by atoms with E-state index in [1.165, 1.54) is 7.11 Å². The number of allylic oxidation sites excluding steroid dienone is 2. The first-order valence-corrected chi connectivity index (χ1v) is 13.2. The van der Waals surface area contributed by atoms with E-state index in [-0.39, 0.29) is 62.4 Å². The summed E-state index contributed by atoms with van der Waals surface area (Å²) >= 11 is 0. The molecule has 1 atom stereocenters. The van der Waals surface area contributed by atoms with Crippen molar-refractivity contribution in [1.29, 1.82) is 0 Å². The molecule has 0 aliphatic heterocycles. The Morgan fingerprint density at radius 3 is 1.18 bits per heavy atom. The number of carbonyl (C=O) groups is 1. The third-order valence-electron chi connectivity index (χ3n) is 4.02. The van der Waals surface area contributed by atoms with Gasteiger partial charge in [-0.15, -0.1) is 0 Å². The molecule has 0 aromatic rings. The first-order valence-electron chi connectivity index (χ1n) is 8.98. The van der Waals surface area contributed by atoms with Gasteiger partial charge in [0.15, 0.2) is 30.4 Å². The third-order valence-corrected chi connectivity index (χ3v) is 5.72. The van der Waals surface area contributed by atoms with E-state index in [0.29, 0.717) is 0 Å². The van der Waals surface area contributed by atoms with Crippen LogP contribution in [0.2, 0.25) is 0 Å². The van der Waals surface area contributed by atoms with Crippen LogP contribution in [0.1, 0.15) is 26.7 Å². The molecule has 0 heterocycles. The van der Waals surface area contributed by atoms with E-state index in [4.69, 9.17) is 48.1 Å². The number of hydrogen-bond acceptors (Lipinski definition) is 16. The average molecular weight is 934 g/mol. The van der Waals surface area contributed by atoms with Crippen LogP contribution in [-0.4, -0.2) is 81.4 Å². The Labute approximate surface area is 265 Å². The van der Waals surface area contributed by atoms with Crippen molar-refractivity contribution >= 4 is 42.1 Å². The van der Waals surface area contributed by atoms with Gasteiger partial charge in [-0.2, -0.15) is 39.5 Å². The molecule has 0 bridgehead atoms. The number of hydrogen-bond donors (Lipinski definition) is 5. The molecule has 280 valence electrons. The summed E-state index contributed by atoms with van der Waals surface area (Å²) in [5.41, 5.74) is -17.4. The van der Waals surface area contributed by atoms with Crippen LogP contribution in [0.3, 0.4) is 0 Å². The molecule has 1 unspecified atom stereocenters. The van der Waals surface area contributed by atoms with Crippen LogP contribution in [0.4, 0.5) is 39.5 Å². The maximum absolute atomic E-state index is 11.6. The summed E-state index contributed by atoms with van der Waals surface area (Å²) in [6.07, 6.45) is 5.73. The Hall–Kier alpha value is -1.58. The molecule has 0 spiro atoms.